The van der Waals surface area contributed by atoms with E-state index in [-0.39, 0.29) is 11.4 Å². The molecule has 7 heteroatoms. The second-order valence-corrected chi connectivity index (χ2v) is 5.66. The van der Waals surface area contributed by atoms with E-state index >= 15 is 0 Å². The first-order valence-electron chi connectivity index (χ1n) is 7.22. The van der Waals surface area contributed by atoms with Gasteiger partial charge in [-0.3, -0.25) is 4.79 Å². The third-order valence-corrected chi connectivity index (χ3v) is 4.11. The number of hydrogen-bond donors (Lipinski definition) is 1. The van der Waals surface area contributed by atoms with Crippen LogP contribution in [0.3, 0.4) is 0 Å². The molecule has 0 aliphatic rings. The van der Waals surface area contributed by atoms with Crippen LogP contribution in [0.25, 0.3) is 5.69 Å². The summed E-state index contributed by atoms with van der Waals surface area (Å²) < 4.78 is 15.2. The van der Waals surface area contributed by atoms with E-state index in [2.05, 4.69) is 15.6 Å². The molecule has 0 spiro atoms. The number of para-hydroxylation sites is 1. The van der Waals surface area contributed by atoms with Gasteiger partial charge in [-0.2, -0.15) is 0 Å². The van der Waals surface area contributed by atoms with Gasteiger partial charge in [0.2, 0.25) is 0 Å². The van der Waals surface area contributed by atoms with Crippen molar-refractivity contribution >= 4 is 23.2 Å². The summed E-state index contributed by atoms with van der Waals surface area (Å²) in [5.74, 6) is -1.04. The molecule has 1 aromatic heterocycles. The highest BCUT2D eigenvalue weighted by Gasteiger charge is 2.19. The Kier molecular flexibility index (Phi) is 4.31. The molecule has 0 saturated heterocycles. The maximum Gasteiger partial charge on any atom is 0.278 e. The third-order valence-electron chi connectivity index (χ3n) is 3.70. The third kappa shape index (κ3) is 2.88. The highest BCUT2D eigenvalue weighted by molar-refractivity contribution is 6.31. The van der Waals surface area contributed by atoms with Crippen LogP contribution in [-0.4, -0.2) is 20.9 Å². The van der Waals surface area contributed by atoms with Crippen molar-refractivity contribution in [1.29, 1.82) is 0 Å². The van der Waals surface area contributed by atoms with Gasteiger partial charge < -0.3 is 5.32 Å². The van der Waals surface area contributed by atoms with Crippen LogP contribution in [0.4, 0.5) is 10.1 Å². The molecule has 1 amide bonds. The van der Waals surface area contributed by atoms with Crippen molar-refractivity contribution < 1.29 is 9.18 Å². The van der Waals surface area contributed by atoms with Gasteiger partial charge in [0.15, 0.2) is 5.69 Å². The van der Waals surface area contributed by atoms with E-state index in [1.807, 2.05) is 13.0 Å². The van der Waals surface area contributed by atoms with Crippen molar-refractivity contribution in [2.75, 3.05) is 5.32 Å². The lowest BCUT2D eigenvalue weighted by Crippen LogP contribution is -2.15. The van der Waals surface area contributed by atoms with Crippen molar-refractivity contribution in [2.24, 2.45) is 0 Å². The van der Waals surface area contributed by atoms with Crippen LogP contribution in [0, 0.1) is 19.7 Å². The lowest BCUT2D eigenvalue weighted by Gasteiger charge is -2.09. The maximum absolute atomic E-state index is 13.7. The number of amides is 1. The van der Waals surface area contributed by atoms with Crippen molar-refractivity contribution in [2.45, 2.75) is 13.8 Å². The summed E-state index contributed by atoms with van der Waals surface area (Å²) in [4.78, 5) is 12.4. The number of hydrogen-bond acceptors (Lipinski definition) is 3. The molecule has 24 heavy (non-hydrogen) atoms. The number of carbonyl (C=O) groups excluding carboxylic acids is 1. The number of halogens is 2. The molecule has 0 saturated carbocycles. The minimum atomic E-state index is -0.525. The smallest absolute Gasteiger partial charge is 0.278 e. The predicted octanol–water partition coefficient (Wildman–Crippen LogP) is 3.93. The van der Waals surface area contributed by atoms with Gasteiger partial charge in [-0.25, -0.2) is 9.07 Å². The Hall–Kier alpha value is -2.73. The van der Waals surface area contributed by atoms with Crippen molar-refractivity contribution in [3.63, 3.8) is 0 Å². The Morgan fingerprint density at radius 2 is 1.92 bits per heavy atom. The molecule has 1 heterocycles. The van der Waals surface area contributed by atoms with Crippen molar-refractivity contribution in [1.82, 2.24) is 15.0 Å². The monoisotopic (exact) mass is 344 g/mol. The minimum Gasteiger partial charge on any atom is -0.318 e. The van der Waals surface area contributed by atoms with E-state index < -0.39 is 11.7 Å². The van der Waals surface area contributed by atoms with E-state index in [9.17, 15) is 9.18 Å². The summed E-state index contributed by atoms with van der Waals surface area (Å²) in [6, 6.07) is 11.3. The Labute approximate surface area is 143 Å². The molecule has 3 aromatic rings. The van der Waals surface area contributed by atoms with Crippen LogP contribution < -0.4 is 5.32 Å². The van der Waals surface area contributed by atoms with Gasteiger partial charge in [0.25, 0.3) is 5.91 Å². The van der Waals surface area contributed by atoms with Crippen LogP contribution in [-0.2, 0) is 0 Å². The predicted molar refractivity (Wildman–Crippen MR) is 90.2 cm³/mol. The second kappa shape index (κ2) is 6.41. The van der Waals surface area contributed by atoms with E-state index in [1.54, 1.807) is 31.2 Å². The van der Waals surface area contributed by atoms with E-state index in [0.29, 0.717) is 10.7 Å². The first kappa shape index (κ1) is 16.1. The average molecular weight is 345 g/mol. The zero-order chi connectivity index (χ0) is 17.3. The van der Waals surface area contributed by atoms with Crippen LogP contribution in [0.1, 0.15) is 21.7 Å². The summed E-state index contributed by atoms with van der Waals surface area (Å²) in [7, 11) is 0. The molecule has 0 aliphatic heterocycles. The van der Waals surface area contributed by atoms with E-state index in [0.717, 1.165) is 11.3 Å². The van der Waals surface area contributed by atoms with Gasteiger partial charge in [-0.15, -0.1) is 5.10 Å². The molecule has 0 aliphatic carbocycles. The topological polar surface area (TPSA) is 59.8 Å². The zero-order valence-electron chi connectivity index (χ0n) is 13.0. The molecule has 0 fully saturated rings. The van der Waals surface area contributed by atoms with Gasteiger partial charge in [0.1, 0.15) is 5.82 Å². The number of nitrogens with one attached hydrogen (secondary N) is 1. The first-order chi connectivity index (χ1) is 11.5. The highest BCUT2D eigenvalue weighted by Crippen LogP contribution is 2.23. The fourth-order valence-corrected chi connectivity index (χ4v) is 2.51. The Bertz CT molecular complexity index is 923. The lowest BCUT2D eigenvalue weighted by atomic mass is 10.2. The minimum absolute atomic E-state index is 0.0930. The second-order valence-electron chi connectivity index (χ2n) is 5.25. The van der Waals surface area contributed by atoms with Gasteiger partial charge in [0, 0.05) is 5.02 Å². The summed E-state index contributed by atoms with van der Waals surface area (Å²) >= 11 is 6.13. The van der Waals surface area contributed by atoms with Gasteiger partial charge in [-0.05, 0) is 43.7 Å². The Morgan fingerprint density at radius 1 is 1.17 bits per heavy atom. The number of aromatic nitrogens is 3. The molecule has 122 valence electrons. The summed E-state index contributed by atoms with van der Waals surface area (Å²) in [5, 5.41) is 11.0. The molecule has 0 radical (unpaired) electrons. The molecule has 2 aromatic carbocycles. The molecule has 3 rings (SSSR count). The fourth-order valence-electron chi connectivity index (χ4n) is 2.34. The van der Waals surface area contributed by atoms with Gasteiger partial charge in [-0.1, -0.05) is 35.0 Å². The molecular formula is C17H14ClFN4O. The van der Waals surface area contributed by atoms with Crippen molar-refractivity contribution in [3.05, 3.63) is 70.3 Å². The molecule has 0 bridgehead atoms. The van der Waals surface area contributed by atoms with Gasteiger partial charge in [0.05, 0.1) is 17.1 Å². The number of benzene rings is 2. The molecule has 0 atom stereocenters. The number of rotatable bonds is 3. The number of nitrogens with zero attached hydrogens (tertiary/aromatic N) is 3. The normalized spacial score (nSPS) is 10.7. The van der Waals surface area contributed by atoms with E-state index in [4.69, 9.17) is 11.6 Å². The standard InChI is InChI=1S/C17H14ClFN4O/c1-10-12(18)6-5-9-15(10)23-11(2)16(21-22-23)17(24)20-14-8-4-3-7-13(14)19/h3-9H,1-2H3,(H,20,24). The number of carbonyl (C=O) groups is 1. The molecular weight excluding hydrogens is 331 g/mol. The SMILES string of the molecule is Cc1c(Cl)cccc1-n1nnc(C(=O)Nc2ccccc2F)c1C. The summed E-state index contributed by atoms with van der Waals surface area (Å²) in [5.41, 5.74) is 2.31. The molecule has 1 N–H and O–H groups in total. The van der Waals surface area contributed by atoms with E-state index in [1.165, 1.54) is 16.8 Å². The van der Waals surface area contributed by atoms with Crippen LogP contribution in [0.5, 0.6) is 0 Å². The van der Waals surface area contributed by atoms with Crippen molar-refractivity contribution in [3.8, 4) is 5.69 Å². The molecule has 5 nitrogen and oxygen atoms in total. The quantitative estimate of drug-likeness (QED) is 0.783. The highest BCUT2D eigenvalue weighted by atomic mass is 35.5. The zero-order valence-corrected chi connectivity index (χ0v) is 13.8. The van der Waals surface area contributed by atoms with Crippen LogP contribution >= 0.6 is 11.6 Å². The first-order valence-corrected chi connectivity index (χ1v) is 7.60. The Balaban J connectivity index is 1.94. The fraction of sp³-hybridized carbons (Fsp3) is 0.118. The molecule has 0 unspecified atom stereocenters. The van der Waals surface area contributed by atoms with Gasteiger partial charge >= 0.3 is 0 Å². The van der Waals surface area contributed by atoms with Crippen LogP contribution in [0.15, 0.2) is 42.5 Å². The average Bonchev–Trinajstić information content (AvgIpc) is 2.94. The van der Waals surface area contributed by atoms with Crippen LogP contribution in [0.2, 0.25) is 5.02 Å². The Morgan fingerprint density at radius 3 is 2.67 bits per heavy atom. The summed E-state index contributed by atoms with van der Waals surface area (Å²) in [6.07, 6.45) is 0. The largest absolute Gasteiger partial charge is 0.318 e. The lowest BCUT2D eigenvalue weighted by molar-refractivity contribution is 0.102. The maximum atomic E-state index is 13.7. The summed E-state index contributed by atoms with van der Waals surface area (Å²) in [6.45, 7) is 3.58. The number of anilines is 1.